The minimum absolute atomic E-state index is 0.00381. The van der Waals surface area contributed by atoms with Crippen LogP contribution in [0.15, 0.2) is 18.3 Å². The van der Waals surface area contributed by atoms with Gasteiger partial charge in [0.2, 0.25) is 0 Å². The Kier molecular flexibility index (Phi) is 6.37. The molecule has 0 bridgehead atoms. The molecule has 31 heavy (non-hydrogen) atoms. The first-order valence-electron chi connectivity index (χ1n) is 9.53. The normalized spacial score (nSPS) is 19.5. The van der Waals surface area contributed by atoms with Crippen molar-refractivity contribution in [3.8, 4) is 23.7 Å². The summed E-state index contributed by atoms with van der Waals surface area (Å²) in [7, 11) is -3.85. The smallest absolute Gasteiger partial charge is 0.264 e. The van der Waals surface area contributed by atoms with Crippen molar-refractivity contribution in [2.75, 3.05) is 12.9 Å². The highest BCUT2D eigenvalue weighted by molar-refractivity contribution is 7.92. The first-order chi connectivity index (χ1) is 14.6. The fourth-order valence-electron chi connectivity index (χ4n) is 3.15. The molecule has 3 N–H and O–H groups in total. The summed E-state index contributed by atoms with van der Waals surface area (Å²) >= 11 is 0. The van der Waals surface area contributed by atoms with Gasteiger partial charge in [-0.3, -0.25) is 14.7 Å². The first-order valence-corrected chi connectivity index (χ1v) is 11.4. The number of aromatic nitrogens is 2. The van der Waals surface area contributed by atoms with Gasteiger partial charge < -0.3 is 5.11 Å². The first kappa shape index (κ1) is 22.8. The van der Waals surface area contributed by atoms with Crippen LogP contribution in [0.3, 0.4) is 0 Å². The molecule has 2 aromatic rings. The van der Waals surface area contributed by atoms with E-state index in [1.54, 1.807) is 6.07 Å². The number of aryl methyl sites for hydroxylation is 1. The molecule has 0 radical (unpaired) electrons. The standard InChI is InChI=1S/C21H22FN3O5S/c1-21(20(27)24-28,31(2,29)30)9-10-25-18-8-7-14(19(22)17(18)12-23-25)5-3-4-6-15-11-16(15)13-26/h7-8,12,15-16,26,28H,9-11,13H2,1-2H3,(H,24,27)/t15-,16+,21+/m0/s1. The highest BCUT2D eigenvalue weighted by Crippen LogP contribution is 2.36. The van der Waals surface area contributed by atoms with Gasteiger partial charge in [-0.2, -0.15) is 5.10 Å². The van der Waals surface area contributed by atoms with E-state index < -0.39 is 26.3 Å². The number of amides is 1. The minimum Gasteiger partial charge on any atom is -0.396 e. The summed E-state index contributed by atoms with van der Waals surface area (Å²) in [6, 6.07) is 3.09. The second-order valence-electron chi connectivity index (χ2n) is 7.73. The third kappa shape index (κ3) is 4.57. The average Bonchev–Trinajstić information content (AvgIpc) is 3.37. The van der Waals surface area contributed by atoms with Gasteiger partial charge in [0.05, 0.1) is 22.7 Å². The summed E-state index contributed by atoms with van der Waals surface area (Å²) < 4.78 is 38.5. The maximum absolute atomic E-state index is 14.8. The van der Waals surface area contributed by atoms with Gasteiger partial charge in [-0.25, -0.2) is 18.3 Å². The second kappa shape index (κ2) is 8.67. The van der Waals surface area contributed by atoms with Crippen molar-refractivity contribution < 1.29 is 27.9 Å². The van der Waals surface area contributed by atoms with Crippen LogP contribution in [-0.2, 0) is 21.2 Å². The molecule has 1 saturated carbocycles. The van der Waals surface area contributed by atoms with E-state index in [2.05, 4.69) is 28.8 Å². The van der Waals surface area contributed by atoms with Crippen molar-refractivity contribution in [2.45, 2.75) is 31.1 Å². The number of nitrogens with zero attached hydrogens (tertiary/aromatic N) is 2. The van der Waals surface area contributed by atoms with Gasteiger partial charge in [0.15, 0.2) is 14.6 Å². The fourth-order valence-corrected chi connectivity index (χ4v) is 4.00. The predicted octanol–water partition coefficient (Wildman–Crippen LogP) is 0.857. The number of benzene rings is 1. The van der Waals surface area contributed by atoms with Crippen LogP contribution in [0.5, 0.6) is 0 Å². The molecule has 3 rings (SSSR count). The molecule has 10 heteroatoms. The number of aliphatic hydroxyl groups excluding tert-OH is 1. The largest absolute Gasteiger partial charge is 0.396 e. The number of fused-ring (bicyclic) bond motifs is 1. The van der Waals surface area contributed by atoms with Crippen molar-refractivity contribution in [1.82, 2.24) is 15.3 Å². The summed E-state index contributed by atoms with van der Waals surface area (Å²) in [5, 5.41) is 22.2. The number of sulfone groups is 1. The van der Waals surface area contributed by atoms with Gasteiger partial charge in [0.1, 0.15) is 5.82 Å². The SMILES string of the molecule is C[C@@](CCn1ncc2c(F)c(C#CC#C[C@H]3C[C@@H]3CO)ccc21)(C(=O)NO)S(C)(=O)=O. The number of carbonyl (C=O) groups is 1. The lowest BCUT2D eigenvalue weighted by molar-refractivity contribution is -0.131. The number of hydrogen-bond donors (Lipinski definition) is 3. The van der Waals surface area contributed by atoms with Crippen molar-refractivity contribution in [3.05, 3.63) is 29.7 Å². The molecule has 1 aromatic carbocycles. The van der Waals surface area contributed by atoms with Crippen LogP contribution in [0.25, 0.3) is 10.9 Å². The third-order valence-electron chi connectivity index (χ3n) is 5.64. The van der Waals surface area contributed by atoms with Gasteiger partial charge in [-0.05, 0) is 55.6 Å². The molecule has 164 valence electrons. The average molecular weight is 447 g/mol. The van der Waals surface area contributed by atoms with Gasteiger partial charge >= 0.3 is 0 Å². The van der Waals surface area contributed by atoms with Gasteiger partial charge in [-0.15, -0.1) is 0 Å². The molecule has 1 fully saturated rings. The third-order valence-corrected chi connectivity index (χ3v) is 7.66. The summed E-state index contributed by atoms with van der Waals surface area (Å²) in [4.78, 5) is 11.9. The Balaban J connectivity index is 1.81. The maximum atomic E-state index is 14.8. The molecule has 0 aliphatic heterocycles. The van der Waals surface area contributed by atoms with Crippen LogP contribution >= 0.6 is 0 Å². The molecular weight excluding hydrogens is 425 g/mol. The van der Waals surface area contributed by atoms with E-state index in [1.807, 2.05) is 0 Å². The lowest BCUT2D eigenvalue weighted by Gasteiger charge is -2.25. The topological polar surface area (TPSA) is 122 Å². The highest BCUT2D eigenvalue weighted by atomic mass is 32.2. The molecule has 0 saturated heterocycles. The van der Waals surface area contributed by atoms with E-state index in [9.17, 15) is 17.6 Å². The van der Waals surface area contributed by atoms with E-state index in [4.69, 9.17) is 10.3 Å². The van der Waals surface area contributed by atoms with Crippen LogP contribution < -0.4 is 5.48 Å². The highest BCUT2D eigenvalue weighted by Gasteiger charge is 2.43. The summed E-state index contributed by atoms with van der Waals surface area (Å²) in [6.07, 6.45) is 2.89. The fraction of sp³-hybridized carbons (Fsp3) is 0.429. The summed E-state index contributed by atoms with van der Waals surface area (Å²) in [6.45, 7) is 1.32. The van der Waals surface area contributed by atoms with Crippen LogP contribution in [0.1, 0.15) is 25.3 Å². The van der Waals surface area contributed by atoms with Crippen LogP contribution in [-0.4, -0.2) is 52.0 Å². The Bertz CT molecular complexity index is 1250. The molecule has 0 unspecified atom stereocenters. The summed E-state index contributed by atoms with van der Waals surface area (Å²) in [5.41, 5.74) is 1.95. The van der Waals surface area contributed by atoms with Crippen LogP contribution in [0.2, 0.25) is 0 Å². The molecule has 3 atom stereocenters. The zero-order valence-electron chi connectivity index (χ0n) is 17.0. The number of halogens is 1. The maximum Gasteiger partial charge on any atom is 0.264 e. The van der Waals surface area contributed by atoms with E-state index in [0.717, 1.165) is 12.7 Å². The van der Waals surface area contributed by atoms with Crippen LogP contribution in [0.4, 0.5) is 4.39 Å². The molecule has 1 aliphatic rings. The minimum atomic E-state index is -3.85. The van der Waals surface area contributed by atoms with Crippen molar-refractivity contribution in [1.29, 1.82) is 0 Å². The lowest BCUT2D eigenvalue weighted by atomic mass is 10.1. The Hall–Kier alpha value is -2.92. The van der Waals surface area contributed by atoms with Crippen LogP contribution in [0, 0.1) is 41.3 Å². The van der Waals surface area contributed by atoms with Crippen molar-refractivity contribution in [3.63, 3.8) is 0 Å². The number of aliphatic hydroxyl groups is 1. The molecule has 1 aromatic heterocycles. The number of rotatable bonds is 6. The molecular formula is C21H22FN3O5S. The monoisotopic (exact) mass is 447 g/mol. The Labute approximate surface area is 179 Å². The van der Waals surface area contributed by atoms with E-state index >= 15 is 0 Å². The van der Waals surface area contributed by atoms with Gasteiger partial charge in [-0.1, -0.05) is 5.92 Å². The molecule has 8 nitrogen and oxygen atoms in total. The molecule has 1 aliphatic carbocycles. The van der Waals surface area contributed by atoms with E-state index in [-0.39, 0.29) is 42.4 Å². The number of carbonyl (C=O) groups excluding carboxylic acids is 1. The van der Waals surface area contributed by atoms with Crippen molar-refractivity contribution >= 4 is 26.6 Å². The number of nitrogens with one attached hydrogen (secondary N) is 1. The van der Waals surface area contributed by atoms with Gasteiger partial charge in [0.25, 0.3) is 5.91 Å². The van der Waals surface area contributed by atoms with E-state index in [1.165, 1.54) is 29.3 Å². The summed E-state index contributed by atoms with van der Waals surface area (Å²) in [5.74, 6) is 9.63. The second-order valence-corrected chi connectivity index (χ2v) is 10.2. The van der Waals surface area contributed by atoms with Crippen molar-refractivity contribution in [2.24, 2.45) is 11.8 Å². The molecule has 1 amide bonds. The number of hydroxylamine groups is 1. The quantitative estimate of drug-likeness (QED) is 0.343. The lowest BCUT2D eigenvalue weighted by Crippen LogP contribution is -2.49. The van der Waals surface area contributed by atoms with Gasteiger partial charge in [0, 0.05) is 25.3 Å². The molecule has 0 spiro atoms. The van der Waals surface area contributed by atoms with E-state index in [0.29, 0.717) is 5.52 Å². The zero-order chi connectivity index (χ0) is 22.8. The Morgan fingerprint density at radius 1 is 1.42 bits per heavy atom. The Morgan fingerprint density at radius 3 is 2.77 bits per heavy atom. The Morgan fingerprint density at radius 2 is 2.16 bits per heavy atom. The zero-order valence-corrected chi connectivity index (χ0v) is 17.8. The predicted molar refractivity (Wildman–Crippen MR) is 111 cm³/mol. The molecule has 1 heterocycles. The number of hydrogen-bond acceptors (Lipinski definition) is 6.